The summed E-state index contributed by atoms with van der Waals surface area (Å²) in [6.07, 6.45) is 2.86. The molecule has 0 radical (unpaired) electrons. The van der Waals surface area contributed by atoms with Crippen LogP contribution in [-0.2, 0) is 0 Å². The number of aliphatic hydroxyl groups is 1. The lowest BCUT2D eigenvalue weighted by Gasteiger charge is -2.09. The van der Waals surface area contributed by atoms with Gasteiger partial charge in [-0.3, -0.25) is 4.98 Å². The number of nitrogens with zero attached hydrogens (tertiary/aromatic N) is 1. The summed E-state index contributed by atoms with van der Waals surface area (Å²) in [5, 5.41) is 12.4. The van der Waals surface area contributed by atoms with Gasteiger partial charge in [-0.15, -0.1) is 0 Å². The Bertz CT molecular complexity index is 255. The van der Waals surface area contributed by atoms with E-state index in [1.165, 1.54) is 0 Å². The first-order valence-corrected chi connectivity index (χ1v) is 4.46. The zero-order valence-corrected chi connectivity index (χ0v) is 8.37. The highest BCUT2D eigenvalue weighted by Gasteiger charge is 2.05. The Kier molecular flexibility index (Phi) is 3.65. The first kappa shape index (κ1) is 9.64. The zero-order valence-electron chi connectivity index (χ0n) is 6.79. The summed E-state index contributed by atoms with van der Waals surface area (Å²) in [5.74, 6) is 0. The second kappa shape index (κ2) is 4.54. The molecule has 1 aromatic heterocycles. The third kappa shape index (κ3) is 2.55. The Hall–Kier alpha value is -0.450. The summed E-state index contributed by atoms with van der Waals surface area (Å²) in [7, 11) is 1.80. The number of hydrogen-bond donors (Lipinski definition) is 2. The Balaban J connectivity index is 2.73. The molecule has 2 N–H and O–H groups in total. The van der Waals surface area contributed by atoms with Crippen LogP contribution >= 0.6 is 15.9 Å². The molecule has 0 aromatic carbocycles. The molecule has 1 aromatic rings. The Morgan fingerprint density at radius 2 is 2.42 bits per heavy atom. The summed E-state index contributed by atoms with van der Waals surface area (Å²) in [6.45, 7) is 0.540. The summed E-state index contributed by atoms with van der Waals surface area (Å²) in [5.41, 5.74) is 0.818. The number of aliphatic hydroxyl groups excluding tert-OH is 1. The molecule has 1 heterocycles. The van der Waals surface area contributed by atoms with Gasteiger partial charge in [0.05, 0.1) is 6.10 Å². The van der Waals surface area contributed by atoms with Crippen molar-refractivity contribution in [1.82, 2.24) is 10.3 Å². The quantitative estimate of drug-likeness (QED) is 0.818. The number of hydrogen-bond acceptors (Lipinski definition) is 3. The highest BCUT2D eigenvalue weighted by Crippen LogP contribution is 2.15. The van der Waals surface area contributed by atoms with Crippen LogP contribution in [0.5, 0.6) is 0 Å². The van der Waals surface area contributed by atoms with Gasteiger partial charge in [0.1, 0.15) is 0 Å². The number of aromatic nitrogens is 1. The highest BCUT2D eigenvalue weighted by molar-refractivity contribution is 9.10. The van der Waals surface area contributed by atoms with Crippen molar-refractivity contribution in [3.63, 3.8) is 0 Å². The van der Waals surface area contributed by atoms with Crippen LogP contribution in [0.25, 0.3) is 0 Å². The van der Waals surface area contributed by atoms with Crippen LogP contribution in [0.4, 0.5) is 0 Å². The molecule has 0 bridgehead atoms. The van der Waals surface area contributed by atoms with Crippen LogP contribution in [0.2, 0.25) is 0 Å². The van der Waals surface area contributed by atoms with Crippen molar-refractivity contribution in [2.75, 3.05) is 13.6 Å². The van der Waals surface area contributed by atoms with E-state index in [1.54, 1.807) is 19.4 Å². The minimum absolute atomic E-state index is 0.486. The molecular formula is C8H11BrN2O. The first-order valence-electron chi connectivity index (χ1n) is 3.67. The van der Waals surface area contributed by atoms with Gasteiger partial charge in [0.25, 0.3) is 0 Å². The topological polar surface area (TPSA) is 45.1 Å². The highest BCUT2D eigenvalue weighted by atomic mass is 79.9. The average Bonchev–Trinajstić information content (AvgIpc) is 2.05. The molecule has 4 heteroatoms. The number of halogens is 1. The van der Waals surface area contributed by atoms with Crippen molar-refractivity contribution in [3.05, 3.63) is 28.5 Å². The van der Waals surface area contributed by atoms with Crippen LogP contribution in [0.1, 0.15) is 11.7 Å². The van der Waals surface area contributed by atoms with Crippen molar-refractivity contribution in [1.29, 1.82) is 0 Å². The monoisotopic (exact) mass is 230 g/mol. The van der Waals surface area contributed by atoms with Crippen molar-refractivity contribution < 1.29 is 5.11 Å². The fraction of sp³-hybridized carbons (Fsp3) is 0.375. The Labute approximate surface area is 80.0 Å². The third-order valence-corrected chi connectivity index (χ3v) is 1.94. The molecule has 0 aliphatic heterocycles. The number of pyridine rings is 1. The van der Waals surface area contributed by atoms with Gasteiger partial charge in [-0.2, -0.15) is 0 Å². The summed E-state index contributed by atoms with van der Waals surface area (Å²) >= 11 is 3.29. The maximum absolute atomic E-state index is 9.52. The maximum Gasteiger partial charge on any atom is 0.0929 e. The van der Waals surface area contributed by atoms with Crippen LogP contribution in [0, 0.1) is 0 Å². The molecule has 1 rings (SSSR count). The molecule has 0 fully saturated rings. The van der Waals surface area contributed by atoms with Crippen LogP contribution in [-0.4, -0.2) is 23.7 Å². The van der Waals surface area contributed by atoms with Crippen molar-refractivity contribution in [2.24, 2.45) is 0 Å². The predicted octanol–water partition coefficient (Wildman–Crippen LogP) is 1.10. The van der Waals surface area contributed by atoms with Gasteiger partial charge < -0.3 is 10.4 Å². The molecular weight excluding hydrogens is 220 g/mol. The standard InChI is InChI=1S/C8H11BrN2O/c1-10-5-8(12)6-2-7(9)4-11-3-6/h2-4,8,10,12H,5H2,1H3/t8-/m0/s1. The molecule has 12 heavy (non-hydrogen) atoms. The number of likely N-dealkylation sites (N-methyl/N-ethyl adjacent to an activating group) is 1. The molecule has 66 valence electrons. The fourth-order valence-electron chi connectivity index (χ4n) is 0.922. The average molecular weight is 231 g/mol. The van der Waals surface area contributed by atoms with Gasteiger partial charge in [0, 0.05) is 29.0 Å². The second-order valence-corrected chi connectivity index (χ2v) is 3.43. The molecule has 0 aliphatic carbocycles. The minimum Gasteiger partial charge on any atom is -0.387 e. The lowest BCUT2D eigenvalue weighted by atomic mass is 10.2. The van der Waals surface area contributed by atoms with E-state index in [4.69, 9.17) is 0 Å². The van der Waals surface area contributed by atoms with Crippen LogP contribution in [0.15, 0.2) is 22.9 Å². The normalized spacial score (nSPS) is 12.9. The number of rotatable bonds is 3. The molecule has 3 nitrogen and oxygen atoms in total. The Morgan fingerprint density at radius 3 is 3.00 bits per heavy atom. The summed E-state index contributed by atoms with van der Waals surface area (Å²) in [4.78, 5) is 3.95. The van der Waals surface area contributed by atoms with E-state index in [0.29, 0.717) is 6.54 Å². The van der Waals surface area contributed by atoms with E-state index >= 15 is 0 Å². The fourth-order valence-corrected chi connectivity index (χ4v) is 1.30. The number of nitrogens with one attached hydrogen (secondary N) is 1. The van der Waals surface area contributed by atoms with Crippen LogP contribution in [0.3, 0.4) is 0 Å². The van der Waals surface area contributed by atoms with Gasteiger partial charge in [-0.1, -0.05) is 0 Å². The van der Waals surface area contributed by atoms with Gasteiger partial charge in [-0.05, 0) is 29.0 Å². The molecule has 0 saturated heterocycles. The van der Waals surface area contributed by atoms with E-state index in [0.717, 1.165) is 10.0 Å². The van der Waals surface area contributed by atoms with E-state index in [1.807, 2.05) is 6.07 Å². The molecule has 1 atom stereocenters. The zero-order chi connectivity index (χ0) is 8.97. The van der Waals surface area contributed by atoms with E-state index in [-0.39, 0.29) is 0 Å². The largest absolute Gasteiger partial charge is 0.387 e. The lowest BCUT2D eigenvalue weighted by Crippen LogP contribution is -2.16. The minimum atomic E-state index is -0.486. The molecule has 0 saturated carbocycles. The first-order chi connectivity index (χ1) is 5.74. The maximum atomic E-state index is 9.52. The Morgan fingerprint density at radius 1 is 1.67 bits per heavy atom. The van der Waals surface area contributed by atoms with Gasteiger partial charge >= 0.3 is 0 Å². The second-order valence-electron chi connectivity index (χ2n) is 2.51. The van der Waals surface area contributed by atoms with Gasteiger partial charge in [0.15, 0.2) is 0 Å². The van der Waals surface area contributed by atoms with Gasteiger partial charge in [0.2, 0.25) is 0 Å². The van der Waals surface area contributed by atoms with E-state index in [9.17, 15) is 5.11 Å². The predicted molar refractivity (Wildman–Crippen MR) is 50.8 cm³/mol. The SMILES string of the molecule is CNC[C@H](O)c1cncc(Br)c1. The smallest absolute Gasteiger partial charge is 0.0929 e. The van der Waals surface area contributed by atoms with Crippen molar-refractivity contribution in [3.8, 4) is 0 Å². The van der Waals surface area contributed by atoms with Gasteiger partial charge in [-0.25, -0.2) is 0 Å². The summed E-state index contributed by atoms with van der Waals surface area (Å²) < 4.78 is 0.884. The lowest BCUT2D eigenvalue weighted by molar-refractivity contribution is 0.177. The van der Waals surface area contributed by atoms with E-state index in [2.05, 4.69) is 26.2 Å². The van der Waals surface area contributed by atoms with Crippen LogP contribution < -0.4 is 5.32 Å². The molecule has 0 amide bonds. The third-order valence-electron chi connectivity index (χ3n) is 1.51. The van der Waals surface area contributed by atoms with Crippen molar-refractivity contribution in [2.45, 2.75) is 6.10 Å². The molecule has 0 aliphatic rings. The molecule has 0 unspecified atom stereocenters. The summed E-state index contributed by atoms with van der Waals surface area (Å²) in [6, 6.07) is 1.86. The molecule has 0 spiro atoms. The van der Waals surface area contributed by atoms with Crippen molar-refractivity contribution >= 4 is 15.9 Å². The van der Waals surface area contributed by atoms with E-state index < -0.39 is 6.10 Å².